The summed E-state index contributed by atoms with van der Waals surface area (Å²) in [5, 5.41) is 0. The Balaban J connectivity index is 1.51. The molecule has 1 atom stereocenters. The van der Waals surface area contributed by atoms with Crippen molar-refractivity contribution in [3.63, 3.8) is 0 Å². The lowest BCUT2D eigenvalue weighted by Gasteiger charge is -2.29. The van der Waals surface area contributed by atoms with E-state index < -0.39 is 5.79 Å². The summed E-state index contributed by atoms with van der Waals surface area (Å²) in [6.07, 6.45) is -0.349. The Morgan fingerprint density at radius 3 is 1.93 bits per heavy atom. The van der Waals surface area contributed by atoms with E-state index in [1.165, 1.54) is 0 Å². The molecule has 1 fully saturated rings. The van der Waals surface area contributed by atoms with Crippen LogP contribution in [-0.4, -0.2) is 25.3 Å². The summed E-state index contributed by atoms with van der Waals surface area (Å²) in [5.41, 5.74) is 2.34. The minimum Gasteiger partial charge on any atom is -0.459 e. The van der Waals surface area contributed by atoms with Crippen LogP contribution in [-0.2, 0) is 20.0 Å². The molecule has 3 aromatic carbocycles. The maximum Gasteiger partial charge on any atom is 0.338 e. The Labute approximate surface area is 158 Å². The van der Waals surface area contributed by atoms with Gasteiger partial charge in [-0.05, 0) is 12.1 Å². The third-order valence-electron chi connectivity index (χ3n) is 4.52. The number of ether oxygens (including phenoxy) is 3. The van der Waals surface area contributed by atoms with Crippen molar-refractivity contribution in [3.05, 3.63) is 108 Å². The van der Waals surface area contributed by atoms with Gasteiger partial charge in [-0.1, -0.05) is 78.9 Å². The van der Waals surface area contributed by atoms with E-state index in [1.807, 2.05) is 78.9 Å². The van der Waals surface area contributed by atoms with E-state index in [0.717, 1.165) is 11.1 Å². The predicted octanol–water partition coefficient (Wildman–Crippen LogP) is 4.16. The van der Waals surface area contributed by atoms with Gasteiger partial charge in [0.25, 0.3) is 0 Å². The minimum absolute atomic E-state index is 0.134. The molecule has 27 heavy (non-hydrogen) atoms. The SMILES string of the molecule is O=C(OC[C@@H]1COC(c2ccccc2)(c2ccccc2)O1)c1ccccc1. The zero-order valence-corrected chi connectivity index (χ0v) is 14.8. The van der Waals surface area contributed by atoms with Gasteiger partial charge in [0.15, 0.2) is 0 Å². The average molecular weight is 360 g/mol. The van der Waals surface area contributed by atoms with Gasteiger partial charge in [-0.15, -0.1) is 0 Å². The van der Waals surface area contributed by atoms with E-state index in [-0.39, 0.29) is 18.7 Å². The zero-order valence-electron chi connectivity index (χ0n) is 14.8. The monoisotopic (exact) mass is 360 g/mol. The Kier molecular flexibility index (Phi) is 5.01. The van der Waals surface area contributed by atoms with Gasteiger partial charge in [0.2, 0.25) is 5.79 Å². The number of carbonyl (C=O) groups is 1. The van der Waals surface area contributed by atoms with Gasteiger partial charge in [0.05, 0.1) is 12.2 Å². The van der Waals surface area contributed by atoms with Gasteiger partial charge >= 0.3 is 5.97 Å². The van der Waals surface area contributed by atoms with Crippen LogP contribution in [0.5, 0.6) is 0 Å². The Bertz CT molecular complexity index is 839. The molecule has 0 unspecified atom stereocenters. The fraction of sp³-hybridized carbons (Fsp3) is 0.174. The Morgan fingerprint density at radius 1 is 0.852 bits per heavy atom. The van der Waals surface area contributed by atoms with Crippen LogP contribution in [0.3, 0.4) is 0 Å². The average Bonchev–Trinajstić information content (AvgIpc) is 3.19. The minimum atomic E-state index is -0.994. The molecule has 0 aromatic heterocycles. The van der Waals surface area contributed by atoms with E-state index in [4.69, 9.17) is 14.2 Å². The first-order valence-electron chi connectivity index (χ1n) is 8.93. The summed E-state index contributed by atoms with van der Waals surface area (Å²) in [6.45, 7) is 0.473. The lowest BCUT2D eigenvalue weighted by atomic mass is 9.97. The normalized spacial score (nSPS) is 18.1. The van der Waals surface area contributed by atoms with E-state index in [1.54, 1.807) is 12.1 Å². The van der Waals surface area contributed by atoms with Crippen molar-refractivity contribution in [1.82, 2.24) is 0 Å². The number of hydrogen-bond donors (Lipinski definition) is 0. The van der Waals surface area contributed by atoms with Crippen molar-refractivity contribution in [1.29, 1.82) is 0 Å². The quantitative estimate of drug-likeness (QED) is 0.641. The molecule has 4 nitrogen and oxygen atoms in total. The van der Waals surface area contributed by atoms with E-state index in [0.29, 0.717) is 12.2 Å². The zero-order chi connectivity index (χ0) is 18.5. The highest BCUT2D eigenvalue weighted by atomic mass is 16.8. The van der Waals surface area contributed by atoms with Gasteiger partial charge in [0.1, 0.15) is 12.7 Å². The van der Waals surface area contributed by atoms with Crippen LogP contribution in [0, 0.1) is 0 Å². The molecule has 4 heteroatoms. The van der Waals surface area contributed by atoms with Crippen molar-refractivity contribution in [2.45, 2.75) is 11.9 Å². The Hall–Kier alpha value is -2.95. The largest absolute Gasteiger partial charge is 0.459 e. The number of benzene rings is 3. The fourth-order valence-electron chi connectivity index (χ4n) is 3.21. The maximum atomic E-state index is 12.2. The molecular weight excluding hydrogens is 340 g/mol. The molecule has 0 bridgehead atoms. The van der Waals surface area contributed by atoms with Crippen molar-refractivity contribution < 1.29 is 19.0 Å². The number of esters is 1. The molecule has 1 saturated heterocycles. The van der Waals surface area contributed by atoms with Crippen molar-refractivity contribution in [2.75, 3.05) is 13.2 Å². The lowest BCUT2D eigenvalue weighted by molar-refractivity contribution is -0.147. The van der Waals surface area contributed by atoms with Crippen molar-refractivity contribution in [2.24, 2.45) is 0 Å². The lowest BCUT2D eigenvalue weighted by Crippen LogP contribution is -2.30. The molecule has 3 aromatic rings. The number of hydrogen-bond acceptors (Lipinski definition) is 4. The van der Waals surface area contributed by atoms with Gasteiger partial charge in [-0.25, -0.2) is 4.79 Å². The third kappa shape index (κ3) is 3.63. The first kappa shape index (κ1) is 17.5. The molecule has 1 aliphatic heterocycles. The molecule has 0 amide bonds. The molecule has 1 heterocycles. The predicted molar refractivity (Wildman–Crippen MR) is 101 cm³/mol. The summed E-state index contributed by atoms with van der Waals surface area (Å²) < 4.78 is 17.9. The van der Waals surface area contributed by atoms with Crippen molar-refractivity contribution >= 4 is 5.97 Å². The smallest absolute Gasteiger partial charge is 0.338 e. The van der Waals surface area contributed by atoms with Gasteiger partial charge in [0, 0.05) is 11.1 Å². The summed E-state index contributed by atoms with van der Waals surface area (Å²) in [6, 6.07) is 28.6. The van der Waals surface area contributed by atoms with E-state index in [2.05, 4.69) is 0 Å². The topological polar surface area (TPSA) is 44.8 Å². The molecule has 0 saturated carbocycles. The summed E-state index contributed by atoms with van der Waals surface area (Å²) in [4.78, 5) is 12.2. The van der Waals surface area contributed by atoms with Crippen LogP contribution in [0.1, 0.15) is 21.5 Å². The van der Waals surface area contributed by atoms with Gasteiger partial charge in [-0.3, -0.25) is 0 Å². The first-order valence-corrected chi connectivity index (χ1v) is 8.93. The van der Waals surface area contributed by atoms with Crippen LogP contribution in [0.4, 0.5) is 0 Å². The van der Waals surface area contributed by atoms with Crippen LogP contribution in [0.2, 0.25) is 0 Å². The molecule has 0 radical (unpaired) electrons. The van der Waals surface area contributed by atoms with Crippen LogP contribution < -0.4 is 0 Å². The number of rotatable bonds is 5. The van der Waals surface area contributed by atoms with Crippen LogP contribution in [0.15, 0.2) is 91.0 Å². The second kappa shape index (κ2) is 7.74. The highest BCUT2D eigenvalue weighted by molar-refractivity contribution is 5.89. The molecule has 136 valence electrons. The molecule has 0 spiro atoms. The first-order chi connectivity index (χ1) is 13.3. The Morgan fingerprint density at radius 2 is 1.37 bits per heavy atom. The van der Waals surface area contributed by atoms with Crippen molar-refractivity contribution in [3.8, 4) is 0 Å². The van der Waals surface area contributed by atoms with Crippen LogP contribution in [0.25, 0.3) is 0 Å². The molecular formula is C23H20O4. The van der Waals surface area contributed by atoms with Gasteiger partial charge in [-0.2, -0.15) is 0 Å². The summed E-state index contributed by atoms with van der Waals surface area (Å²) in [5.74, 6) is -1.36. The van der Waals surface area contributed by atoms with Gasteiger partial charge < -0.3 is 14.2 Å². The summed E-state index contributed by atoms with van der Waals surface area (Å²) >= 11 is 0. The third-order valence-corrected chi connectivity index (χ3v) is 4.52. The molecule has 1 aliphatic rings. The van der Waals surface area contributed by atoms with E-state index >= 15 is 0 Å². The highest BCUT2D eigenvalue weighted by Gasteiger charge is 2.45. The number of carbonyl (C=O) groups excluding carboxylic acids is 1. The van der Waals surface area contributed by atoms with Crippen LogP contribution >= 0.6 is 0 Å². The highest BCUT2D eigenvalue weighted by Crippen LogP contribution is 2.40. The second-order valence-corrected chi connectivity index (χ2v) is 6.36. The molecule has 4 rings (SSSR count). The molecule has 0 aliphatic carbocycles. The maximum absolute atomic E-state index is 12.2. The van der Waals surface area contributed by atoms with E-state index in [9.17, 15) is 4.79 Å². The molecule has 0 N–H and O–H groups in total. The fourth-order valence-corrected chi connectivity index (χ4v) is 3.21. The second-order valence-electron chi connectivity index (χ2n) is 6.36. The summed E-state index contributed by atoms with van der Waals surface area (Å²) in [7, 11) is 0. The standard InChI is InChI=1S/C23H20O4/c24-22(18-10-4-1-5-11-18)25-16-21-17-26-23(27-21,19-12-6-2-7-13-19)20-14-8-3-9-15-20/h1-15,21H,16-17H2/t21-/m1/s1.